The SMILES string of the molecule is O=C(COC(=O)c1ccc(COc2ccccc2)o1)NCC1CCCCC1. The highest BCUT2D eigenvalue weighted by Gasteiger charge is 2.17. The summed E-state index contributed by atoms with van der Waals surface area (Å²) in [6, 6.07) is 12.5. The van der Waals surface area contributed by atoms with Crippen molar-refractivity contribution in [3.8, 4) is 5.75 Å². The van der Waals surface area contributed by atoms with Crippen molar-refractivity contribution < 1.29 is 23.5 Å². The van der Waals surface area contributed by atoms with Gasteiger partial charge in [0.1, 0.15) is 18.1 Å². The molecule has 27 heavy (non-hydrogen) atoms. The number of para-hydroxylation sites is 1. The van der Waals surface area contributed by atoms with Crippen molar-refractivity contribution in [3.05, 3.63) is 54.0 Å². The second kappa shape index (κ2) is 9.80. The fourth-order valence-corrected chi connectivity index (χ4v) is 3.14. The summed E-state index contributed by atoms with van der Waals surface area (Å²) in [6.45, 7) is 0.555. The predicted octanol–water partition coefficient (Wildman–Crippen LogP) is 3.71. The molecule has 1 aliphatic rings. The monoisotopic (exact) mass is 371 g/mol. The van der Waals surface area contributed by atoms with E-state index >= 15 is 0 Å². The number of hydrogen-bond donors (Lipinski definition) is 1. The Balaban J connectivity index is 1.37. The first-order chi connectivity index (χ1) is 13.2. The smallest absolute Gasteiger partial charge is 0.374 e. The average molecular weight is 371 g/mol. The lowest BCUT2D eigenvalue weighted by atomic mass is 9.89. The summed E-state index contributed by atoms with van der Waals surface area (Å²) in [5, 5.41) is 2.84. The highest BCUT2D eigenvalue weighted by atomic mass is 16.6. The molecule has 0 atom stereocenters. The molecule has 1 aromatic carbocycles. The average Bonchev–Trinajstić information content (AvgIpc) is 3.20. The number of furan rings is 1. The number of nitrogens with one attached hydrogen (secondary N) is 1. The normalized spacial score (nSPS) is 14.5. The lowest BCUT2D eigenvalue weighted by molar-refractivity contribution is -0.124. The number of carbonyl (C=O) groups is 2. The number of hydrogen-bond acceptors (Lipinski definition) is 5. The van der Waals surface area contributed by atoms with E-state index in [0.29, 0.717) is 24.0 Å². The molecule has 1 N–H and O–H groups in total. The molecule has 1 fully saturated rings. The Labute approximate surface area is 158 Å². The molecule has 144 valence electrons. The summed E-state index contributed by atoms with van der Waals surface area (Å²) in [4.78, 5) is 23.9. The van der Waals surface area contributed by atoms with E-state index in [1.807, 2.05) is 30.3 Å². The molecule has 1 aliphatic carbocycles. The highest BCUT2D eigenvalue weighted by molar-refractivity contribution is 5.88. The van der Waals surface area contributed by atoms with Gasteiger partial charge in [-0.05, 0) is 43.0 Å². The molecule has 0 unspecified atom stereocenters. The molecule has 1 saturated carbocycles. The fourth-order valence-electron chi connectivity index (χ4n) is 3.14. The zero-order valence-electron chi connectivity index (χ0n) is 15.3. The van der Waals surface area contributed by atoms with Crippen LogP contribution in [0.1, 0.15) is 48.4 Å². The molecule has 1 aromatic heterocycles. The summed E-state index contributed by atoms with van der Waals surface area (Å²) >= 11 is 0. The molecule has 6 heteroatoms. The van der Waals surface area contributed by atoms with Gasteiger partial charge in [0, 0.05) is 6.54 Å². The summed E-state index contributed by atoms with van der Waals surface area (Å²) in [5.74, 6) is 0.875. The molecule has 1 heterocycles. The predicted molar refractivity (Wildman–Crippen MR) is 99.3 cm³/mol. The number of carbonyl (C=O) groups excluding carboxylic acids is 2. The van der Waals surface area contributed by atoms with Crippen LogP contribution in [0.15, 0.2) is 46.9 Å². The van der Waals surface area contributed by atoms with Crippen molar-refractivity contribution in [2.75, 3.05) is 13.2 Å². The highest BCUT2D eigenvalue weighted by Crippen LogP contribution is 2.22. The molecule has 0 saturated heterocycles. The zero-order chi connectivity index (χ0) is 18.9. The van der Waals surface area contributed by atoms with Crippen LogP contribution in [0, 0.1) is 5.92 Å². The van der Waals surface area contributed by atoms with Gasteiger partial charge in [0.2, 0.25) is 5.76 Å². The van der Waals surface area contributed by atoms with Crippen molar-refractivity contribution in [1.29, 1.82) is 0 Å². The van der Waals surface area contributed by atoms with E-state index < -0.39 is 5.97 Å². The first kappa shape index (κ1) is 19.0. The zero-order valence-corrected chi connectivity index (χ0v) is 15.3. The van der Waals surface area contributed by atoms with Gasteiger partial charge in [-0.3, -0.25) is 4.79 Å². The maximum atomic E-state index is 12.0. The van der Waals surface area contributed by atoms with E-state index in [1.165, 1.54) is 25.3 Å². The van der Waals surface area contributed by atoms with Gasteiger partial charge in [0.25, 0.3) is 5.91 Å². The van der Waals surface area contributed by atoms with E-state index in [1.54, 1.807) is 6.07 Å². The summed E-state index contributed by atoms with van der Waals surface area (Å²) in [6.07, 6.45) is 6.04. The summed E-state index contributed by atoms with van der Waals surface area (Å²) < 4.78 is 16.0. The van der Waals surface area contributed by atoms with Crippen LogP contribution in [0.5, 0.6) is 5.75 Å². The summed E-state index contributed by atoms with van der Waals surface area (Å²) in [7, 11) is 0. The van der Waals surface area contributed by atoms with Gasteiger partial charge in [-0.25, -0.2) is 4.79 Å². The number of benzene rings is 1. The first-order valence-electron chi connectivity index (χ1n) is 9.41. The Morgan fingerprint density at radius 3 is 2.59 bits per heavy atom. The molecular weight excluding hydrogens is 346 g/mol. The van der Waals surface area contributed by atoms with Crippen molar-refractivity contribution in [2.24, 2.45) is 5.92 Å². The quantitative estimate of drug-likeness (QED) is 0.716. The van der Waals surface area contributed by atoms with Crippen molar-refractivity contribution in [1.82, 2.24) is 5.32 Å². The van der Waals surface area contributed by atoms with Crippen LogP contribution in [0.25, 0.3) is 0 Å². The molecule has 2 aromatic rings. The minimum Gasteiger partial charge on any atom is -0.486 e. The van der Waals surface area contributed by atoms with Gasteiger partial charge in [-0.1, -0.05) is 37.5 Å². The van der Waals surface area contributed by atoms with E-state index in [0.717, 1.165) is 12.8 Å². The molecule has 6 nitrogen and oxygen atoms in total. The fraction of sp³-hybridized carbons (Fsp3) is 0.429. The largest absolute Gasteiger partial charge is 0.486 e. The number of esters is 1. The molecule has 0 bridgehead atoms. The van der Waals surface area contributed by atoms with Crippen molar-refractivity contribution in [3.63, 3.8) is 0 Å². The number of rotatable bonds is 8. The van der Waals surface area contributed by atoms with Crippen LogP contribution in [0.2, 0.25) is 0 Å². The Hall–Kier alpha value is -2.76. The molecular formula is C21H25NO5. The van der Waals surface area contributed by atoms with Gasteiger partial charge >= 0.3 is 5.97 Å². The van der Waals surface area contributed by atoms with Crippen molar-refractivity contribution >= 4 is 11.9 Å². The van der Waals surface area contributed by atoms with Crippen LogP contribution in [-0.2, 0) is 16.1 Å². The van der Waals surface area contributed by atoms with Crippen LogP contribution in [0.3, 0.4) is 0 Å². The third-order valence-corrected chi connectivity index (χ3v) is 4.63. The van der Waals surface area contributed by atoms with Crippen LogP contribution >= 0.6 is 0 Å². The lowest BCUT2D eigenvalue weighted by Gasteiger charge is -2.21. The van der Waals surface area contributed by atoms with Crippen molar-refractivity contribution in [2.45, 2.75) is 38.7 Å². The van der Waals surface area contributed by atoms with Gasteiger partial charge in [0.15, 0.2) is 6.61 Å². The Bertz CT molecular complexity index is 734. The number of ether oxygens (including phenoxy) is 2. The first-order valence-corrected chi connectivity index (χ1v) is 9.41. The van der Waals surface area contributed by atoms with Crippen LogP contribution in [0.4, 0.5) is 0 Å². The third-order valence-electron chi connectivity index (χ3n) is 4.63. The molecule has 0 radical (unpaired) electrons. The Kier molecular flexibility index (Phi) is 6.90. The molecule has 0 spiro atoms. The molecule has 3 rings (SSSR count). The Morgan fingerprint density at radius 2 is 1.81 bits per heavy atom. The summed E-state index contributed by atoms with van der Waals surface area (Å²) in [5.41, 5.74) is 0. The minimum absolute atomic E-state index is 0.0572. The standard InChI is InChI=1S/C21H25NO5/c23-20(22-13-16-7-3-1-4-8-16)15-26-21(24)19-12-11-18(27-19)14-25-17-9-5-2-6-10-17/h2,5-6,9-12,16H,1,3-4,7-8,13-15H2,(H,22,23). The molecule has 0 aliphatic heterocycles. The van der Waals surface area contributed by atoms with E-state index in [4.69, 9.17) is 13.9 Å². The second-order valence-electron chi connectivity index (χ2n) is 6.75. The van der Waals surface area contributed by atoms with Crippen LogP contribution in [-0.4, -0.2) is 25.0 Å². The van der Waals surface area contributed by atoms with Crippen LogP contribution < -0.4 is 10.1 Å². The minimum atomic E-state index is -0.659. The third kappa shape index (κ3) is 6.16. The van der Waals surface area contributed by atoms with E-state index in [2.05, 4.69) is 5.32 Å². The van der Waals surface area contributed by atoms with Gasteiger partial charge < -0.3 is 19.2 Å². The molecule has 1 amide bonds. The van der Waals surface area contributed by atoms with Gasteiger partial charge in [0.05, 0.1) is 0 Å². The topological polar surface area (TPSA) is 77.8 Å². The van der Waals surface area contributed by atoms with Gasteiger partial charge in [-0.2, -0.15) is 0 Å². The van der Waals surface area contributed by atoms with Gasteiger partial charge in [-0.15, -0.1) is 0 Å². The lowest BCUT2D eigenvalue weighted by Crippen LogP contribution is -2.33. The number of amides is 1. The maximum absolute atomic E-state index is 12.0. The second-order valence-corrected chi connectivity index (χ2v) is 6.75. The Morgan fingerprint density at radius 1 is 1.04 bits per heavy atom. The van der Waals surface area contributed by atoms with E-state index in [-0.39, 0.29) is 24.9 Å². The van der Waals surface area contributed by atoms with E-state index in [9.17, 15) is 9.59 Å². The maximum Gasteiger partial charge on any atom is 0.374 e.